The van der Waals surface area contributed by atoms with Gasteiger partial charge in [0.2, 0.25) is 0 Å². The van der Waals surface area contributed by atoms with Crippen molar-refractivity contribution in [3.8, 4) is 5.75 Å². The van der Waals surface area contributed by atoms with E-state index in [1.165, 1.54) is 0 Å². The van der Waals surface area contributed by atoms with Gasteiger partial charge in [-0.25, -0.2) is 4.79 Å². The van der Waals surface area contributed by atoms with Gasteiger partial charge in [-0.3, -0.25) is 4.68 Å². The molecule has 0 fully saturated rings. The maximum absolute atomic E-state index is 11.6. The largest absolute Gasteiger partial charge is 0.484 e. The number of aromatic nitrogens is 2. The molecule has 2 rings (SSSR count). The van der Waals surface area contributed by atoms with E-state index in [-0.39, 0.29) is 5.54 Å². The molecule has 0 unspecified atom stereocenters. The number of alkyl carbamates (subject to hydrolysis) is 1. The Morgan fingerprint density at radius 2 is 1.96 bits per heavy atom. The van der Waals surface area contributed by atoms with Crippen molar-refractivity contribution in [2.24, 2.45) is 0 Å². The van der Waals surface area contributed by atoms with E-state index < -0.39 is 6.09 Å². The van der Waals surface area contributed by atoms with Crippen LogP contribution in [0.2, 0.25) is 0 Å². The van der Waals surface area contributed by atoms with E-state index in [1.54, 1.807) is 0 Å². The van der Waals surface area contributed by atoms with Gasteiger partial charge in [0, 0.05) is 18.5 Å². The Labute approximate surface area is 163 Å². The standard InChI is InChI=1S/C19H26BrN3O3/c1-14-16(26-13-15-9-6-5-7-10-15)17(20)23(22-14)11-8-12-25-18(24)21-19(2,3)4/h5-7,9-10H,8,11-13H2,1-4H3,(H,21,24). The monoisotopic (exact) mass is 423 g/mol. The molecule has 2 aromatic rings. The van der Waals surface area contributed by atoms with Gasteiger partial charge < -0.3 is 14.8 Å². The Morgan fingerprint density at radius 3 is 2.62 bits per heavy atom. The lowest BCUT2D eigenvalue weighted by molar-refractivity contribution is 0.134. The summed E-state index contributed by atoms with van der Waals surface area (Å²) in [7, 11) is 0. The van der Waals surface area contributed by atoms with E-state index >= 15 is 0 Å². The number of halogens is 1. The van der Waals surface area contributed by atoms with E-state index in [2.05, 4.69) is 26.3 Å². The zero-order valence-electron chi connectivity index (χ0n) is 15.7. The van der Waals surface area contributed by atoms with Crippen LogP contribution in [0.5, 0.6) is 5.75 Å². The molecular weight excluding hydrogens is 398 g/mol. The van der Waals surface area contributed by atoms with Gasteiger partial charge in [0.1, 0.15) is 16.9 Å². The van der Waals surface area contributed by atoms with E-state index in [0.717, 1.165) is 21.6 Å². The van der Waals surface area contributed by atoms with Gasteiger partial charge in [0.05, 0.1) is 6.61 Å². The third-order valence-corrected chi connectivity index (χ3v) is 4.23. The van der Waals surface area contributed by atoms with Crippen molar-refractivity contribution in [3.63, 3.8) is 0 Å². The Kier molecular flexibility index (Phi) is 7.08. The molecule has 0 saturated heterocycles. The number of carbonyl (C=O) groups excluding carboxylic acids is 1. The maximum Gasteiger partial charge on any atom is 0.407 e. The average Bonchev–Trinajstić information content (AvgIpc) is 2.83. The number of nitrogens with one attached hydrogen (secondary N) is 1. The first kappa shape index (κ1) is 20.3. The molecule has 0 spiro atoms. The minimum absolute atomic E-state index is 0.301. The summed E-state index contributed by atoms with van der Waals surface area (Å²) < 4.78 is 13.7. The summed E-state index contributed by atoms with van der Waals surface area (Å²) in [6.45, 7) is 9.09. The molecule has 7 heteroatoms. The van der Waals surface area contributed by atoms with Gasteiger partial charge in [-0.1, -0.05) is 30.3 Å². The van der Waals surface area contributed by atoms with Crippen LogP contribution < -0.4 is 10.1 Å². The summed E-state index contributed by atoms with van der Waals surface area (Å²) in [4.78, 5) is 11.6. The second-order valence-electron chi connectivity index (χ2n) is 7.07. The first-order valence-electron chi connectivity index (χ1n) is 8.61. The molecule has 0 aliphatic rings. The maximum atomic E-state index is 11.6. The molecule has 0 bridgehead atoms. The lowest BCUT2D eigenvalue weighted by Gasteiger charge is -2.19. The minimum Gasteiger partial charge on any atom is -0.484 e. The Bertz CT molecular complexity index is 724. The van der Waals surface area contributed by atoms with Gasteiger partial charge in [-0.05, 0) is 49.2 Å². The zero-order valence-corrected chi connectivity index (χ0v) is 17.3. The van der Waals surface area contributed by atoms with Crippen LogP contribution in [0.1, 0.15) is 38.4 Å². The number of carbonyl (C=O) groups is 1. The second kappa shape index (κ2) is 9.07. The van der Waals surface area contributed by atoms with Gasteiger partial charge in [0.15, 0.2) is 5.75 Å². The highest BCUT2D eigenvalue weighted by Crippen LogP contribution is 2.29. The summed E-state index contributed by atoms with van der Waals surface area (Å²) in [5.41, 5.74) is 1.62. The van der Waals surface area contributed by atoms with Crippen LogP contribution in [-0.2, 0) is 17.9 Å². The highest BCUT2D eigenvalue weighted by Gasteiger charge is 2.16. The molecule has 1 aromatic carbocycles. The number of hydrogen-bond acceptors (Lipinski definition) is 4. The molecule has 0 radical (unpaired) electrons. The molecule has 1 amide bonds. The van der Waals surface area contributed by atoms with Crippen LogP contribution in [0.4, 0.5) is 4.79 Å². The Morgan fingerprint density at radius 1 is 1.27 bits per heavy atom. The molecule has 26 heavy (non-hydrogen) atoms. The molecule has 6 nitrogen and oxygen atoms in total. The zero-order chi connectivity index (χ0) is 19.2. The number of aryl methyl sites for hydroxylation is 2. The Hall–Kier alpha value is -2.02. The number of benzene rings is 1. The fraction of sp³-hybridized carbons (Fsp3) is 0.474. The van der Waals surface area contributed by atoms with Crippen molar-refractivity contribution in [3.05, 3.63) is 46.2 Å². The van der Waals surface area contributed by atoms with E-state index in [4.69, 9.17) is 9.47 Å². The topological polar surface area (TPSA) is 65.4 Å². The summed E-state index contributed by atoms with van der Waals surface area (Å²) in [5, 5.41) is 7.25. The SMILES string of the molecule is Cc1nn(CCCOC(=O)NC(C)(C)C)c(Br)c1OCc1ccccc1. The molecule has 1 N–H and O–H groups in total. The minimum atomic E-state index is -0.403. The predicted octanol–water partition coefficient (Wildman–Crippen LogP) is 4.45. The lowest BCUT2D eigenvalue weighted by atomic mass is 10.1. The van der Waals surface area contributed by atoms with Crippen LogP contribution in [0, 0.1) is 6.92 Å². The van der Waals surface area contributed by atoms with Crippen molar-refractivity contribution in [2.75, 3.05) is 6.61 Å². The normalized spacial score (nSPS) is 11.3. The van der Waals surface area contributed by atoms with Crippen LogP contribution in [0.3, 0.4) is 0 Å². The quantitative estimate of drug-likeness (QED) is 0.668. The Balaban J connectivity index is 1.82. The van der Waals surface area contributed by atoms with Gasteiger partial charge in [0.25, 0.3) is 0 Å². The molecule has 0 atom stereocenters. The summed E-state index contributed by atoms with van der Waals surface area (Å²) in [5.74, 6) is 0.736. The highest BCUT2D eigenvalue weighted by atomic mass is 79.9. The first-order chi connectivity index (χ1) is 12.3. The number of hydrogen-bond donors (Lipinski definition) is 1. The van der Waals surface area contributed by atoms with Crippen molar-refractivity contribution in [2.45, 2.75) is 52.8 Å². The van der Waals surface area contributed by atoms with Crippen LogP contribution in [-0.4, -0.2) is 28.0 Å². The molecule has 0 aliphatic heterocycles. The summed E-state index contributed by atoms with van der Waals surface area (Å²) in [6, 6.07) is 9.99. The predicted molar refractivity (Wildman–Crippen MR) is 104 cm³/mol. The lowest BCUT2D eigenvalue weighted by Crippen LogP contribution is -2.41. The van der Waals surface area contributed by atoms with E-state index in [0.29, 0.717) is 26.2 Å². The van der Waals surface area contributed by atoms with Gasteiger partial charge in [-0.15, -0.1) is 0 Å². The van der Waals surface area contributed by atoms with Crippen LogP contribution >= 0.6 is 15.9 Å². The number of rotatable bonds is 7. The van der Waals surface area contributed by atoms with Crippen LogP contribution in [0.25, 0.3) is 0 Å². The molecule has 1 heterocycles. The summed E-state index contributed by atoms with van der Waals surface area (Å²) >= 11 is 3.55. The fourth-order valence-electron chi connectivity index (χ4n) is 2.30. The van der Waals surface area contributed by atoms with E-state index in [1.807, 2.05) is 62.7 Å². The van der Waals surface area contributed by atoms with Crippen molar-refractivity contribution >= 4 is 22.0 Å². The van der Waals surface area contributed by atoms with Crippen molar-refractivity contribution < 1.29 is 14.3 Å². The number of ether oxygens (including phenoxy) is 2. The van der Waals surface area contributed by atoms with E-state index in [9.17, 15) is 4.79 Å². The number of nitrogens with zero attached hydrogens (tertiary/aromatic N) is 2. The summed E-state index contributed by atoms with van der Waals surface area (Å²) in [6.07, 6.45) is 0.259. The van der Waals surface area contributed by atoms with Crippen molar-refractivity contribution in [1.29, 1.82) is 0 Å². The molecule has 142 valence electrons. The molecule has 1 aromatic heterocycles. The fourth-order valence-corrected chi connectivity index (χ4v) is 2.96. The molecule has 0 aliphatic carbocycles. The first-order valence-corrected chi connectivity index (χ1v) is 9.40. The van der Waals surface area contributed by atoms with Gasteiger partial charge >= 0.3 is 6.09 Å². The highest BCUT2D eigenvalue weighted by molar-refractivity contribution is 9.10. The third-order valence-electron chi connectivity index (χ3n) is 3.46. The van der Waals surface area contributed by atoms with Crippen molar-refractivity contribution in [1.82, 2.24) is 15.1 Å². The second-order valence-corrected chi connectivity index (χ2v) is 7.82. The number of amides is 1. The third kappa shape index (κ3) is 6.37. The van der Waals surface area contributed by atoms with Gasteiger partial charge in [-0.2, -0.15) is 5.10 Å². The average molecular weight is 424 g/mol. The smallest absolute Gasteiger partial charge is 0.407 e. The van der Waals surface area contributed by atoms with Crippen LogP contribution in [0.15, 0.2) is 34.9 Å². The molecule has 0 saturated carbocycles. The molecular formula is C19H26BrN3O3.